The summed E-state index contributed by atoms with van der Waals surface area (Å²) in [7, 11) is -4.08. The second kappa shape index (κ2) is 11.4. The van der Waals surface area contributed by atoms with Gasteiger partial charge in [-0.3, -0.25) is 4.79 Å². The van der Waals surface area contributed by atoms with Gasteiger partial charge < -0.3 is 9.30 Å². The molecule has 6 nitrogen and oxygen atoms in total. The lowest BCUT2D eigenvalue weighted by atomic mass is 10.1. The number of amides is 1. The minimum atomic E-state index is -4.08. The van der Waals surface area contributed by atoms with Crippen molar-refractivity contribution in [2.45, 2.75) is 18.4 Å². The largest absolute Gasteiger partial charge is 0.488 e. The first-order chi connectivity index (χ1) is 19.2. The Labute approximate surface area is 236 Å². The van der Waals surface area contributed by atoms with Gasteiger partial charge in [0.2, 0.25) is 0 Å². The maximum atomic E-state index is 13.3. The minimum absolute atomic E-state index is 0.0435. The van der Waals surface area contributed by atoms with Crippen LogP contribution in [0.1, 0.15) is 21.6 Å². The smallest absolute Gasteiger partial charge is 0.264 e. The fourth-order valence-corrected chi connectivity index (χ4v) is 5.41. The van der Waals surface area contributed by atoms with Crippen LogP contribution in [0, 0.1) is 12.7 Å². The van der Waals surface area contributed by atoms with Crippen molar-refractivity contribution in [2.24, 2.45) is 0 Å². The summed E-state index contributed by atoms with van der Waals surface area (Å²) in [4.78, 5) is 12.4. The molecule has 0 saturated heterocycles. The number of sulfonamides is 1. The van der Waals surface area contributed by atoms with Crippen LogP contribution in [0.4, 0.5) is 4.39 Å². The molecule has 1 aromatic heterocycles. The van der Waals surface area contributed by atoms with Crippen molar-refractivity contribution in [3.05, 3.63) is 137 Å². The molecule has 5 aromatic rings. The number of carbonyl (C=O) groups excluding carboxylic acids is 1. The third-order valence-electron chi connectivity index (χ3n) is 6.27. The van der Waals surface area contributed by atoms with E-state index in [0.29, 0.717) is 16.5 Å². The lowest BCUT2D eigenvalue weighted by Gasteiger charge is -2.17. The molecule has 5 rings (SSSR count). The van der Waals surface area contributed by atoms with Crippen molar-refractivity contribution in [3.63, 3.8) is 0 Å². The summed E-state index contributed by atoms with van der Waals surface area (Å²) in [5.41, 5.74) is 4.17. The van der Waals surface area contributed by atoms with E-state index in [4.69, 9.17) is 16.3 Å². The average molecular weight is 575 g/mol. The van der Waals surface area contributed by atoms with Gasteiger partial charge in [0.15, 0.2) is 0 Å². The third kappa shape index (κ3) is 5.93. The fourth-order valence-electron chi connectivity index (χ4n) is 4.27. The zero-order valence-electron chi connectivity index (χ0n) is 21.3. The Morgan fingerprint density at radius 3 is 2.30 bits per heavy atom. The molecule has 0 bridgehead atoms. The number of halogens is 2. The quantitative estimate of drug-likeness (QED) is 0.218. The minimum Gasteiger partial charge on any atom is -0.488 e. The van der Waals surface area contributed by atoms with Crippen LogP contribution >= 0.6 is 11.6 Å². The first-order valence-electron chi connectivity index (χ1n) is 12.3. The molecule has 4 aromatic carbocycles. The molecule has 1 amide bonds. The molecule has 0 unspecified atom stereocenters. The molecule has 0 fully saturated rings. The second-order valence-electron chi connectivity index (χ2n) is 9.05. The summed E-state index contributed by atoms with van der Waals surface area (Å²) in [6.07, 6.45) is 0. The van der Waals surface area contributed by atoms with Crippen LogP contribution in [0.25, 0.3) is 16.9 Å². The maximum Gasteiger partial charge on any atom is 0.264 e. The number of rotatable bonds is 8. The van der Waals surface area contributed by atoms with Crippen molar-refractivity contribution in [2.75, 3.05) is 0 Å². The second-order valence-corrected chi connectivity index (χ2v) is 11.2. The van der Waals surface area contributed by atoms with E-state index in [0.717, 1.165) is 22.5 Å². The average Bonchev–Trinajstić information content (AvgIpc) is 3.34. The van der Waals surface area contributed by atoms with E-state index in [1.807, 2.05) is 23.6 Å². The molecule has 1 N–H and O–H groups in total. The van der Waals surface area contributed by atoms with Crippen LogP contribution < -0.4 is 9.46 Å². The molecule has 0 spiro atoms. The lowest BCUT2D eigenvalue weighted by Crippen LogP contribution is -2.30. The van der Waals surface area contributed by atoms with E-state index in [2.05, 4.69) is 4.72 Å². The molecule has 1 heterocycles. The van der Waals surface area contributed by atoms with Crippen LogP contribution in [0.3, 0.4) is 0 Å². The Bertz CT molecular complexity index is 1770. The molecular weight excluding hydrogens is 551 g/mol. The number of aromatic nitrogens is 1. The first kappa shape index (κ1) is 27.2. The summed E-state index contributed by atoms with van der Waals surface area (Å²) in [5.74, 6) is -0.445. The number of nitrogens with zero attached hydrogens (tertiary/aromatic N) is 1. The van der Waals surface area contributed by atoms with E-state index >= 15 is 0 Å². The molecule has 202 valence electrons. The van der Waals surface area contributed by atoms with Gasteiger partial charge >= 0.3 is 0 Å². The van der Waals surface area contributed by atoms with Crippen molar-refractivity contribution in [1.29, 1.82) is 0 Å². The molecule has 0 aliphatic rings. The summed E-state index contributed by atoms with van der Waals surface area (Å²) in [6.45, 7) is 2.16. The predicted molar refractivity (Wildman–Crippen MR) is 153 cm³/mol. The zero-order chi connectivity index (χ0) is 28.3. The van der Waals surface area contributed by atoms with Gasteiger partial charge in [-0.05, 0) is 91.3 Å². The maximum absolute atomic E-state index is 13.3. The highest BCUT2D eigenvalue weighted by molar-refractivity contribution is 7.90. The molecule has 9 heteroatoms. The molecule has 40 heavy (non-hydrogen) atoms. The van der Waals surface area contributed by atoms with Gasteiger partial charge in [0.05, 0.1) is 10.6 Å². The molecule has 0 radical (unpaired) electrons. The lowest BCUT2D eigenvalue weighted by molar-refractivity contribution is 0.0981. The van der Waals surface area contributed by atoms with E-state index in [1.54, 1.807) is 60.7 Å². The van der Waals surface area contributed by atoms with Gasteiger partial charge in [-0.25, -0.2) is 17.5 Å². The zero-order valence-corrected chi connectivity index (χ0v) is 22.9. The Hall–Kier alpha value is -4.40. The van der Waals surface area contributed by atoms with E-state index in [-0.39, 0.29) is 22.9 Å². The molecule has 0 atom stereocenters. The van der Waals surface area contributed by atoms with Crippen molar-refractivity contribution in [3.8, 4) is 22.7 Å². The Balaban J connectivity index is 1.43. The van der Waals surface area contributed by atoms with Crippen molar-refractivity contribution in [1.82, 2.24) is 9.29 Å². The van der Waals surface area contributed by atoms with Gasteiger partial charge in [0, 0.05) is 27.5 Å². The number of ether oxygens (including phenoxy) is 1. The molecule has 0 aliphatic carbocycles. The molecule has 0 aliphatic heterocycles. The molecule has 0 saturated carbocycles. The normalized spacial score (nSPS) is 11.3. The predicted octanol–water partition coefficient (Wildman–Crippen LogP) is 6.94. The summed E-state index contributed by atoms with van der Waals surface area (Å²) in [5, 5.41) is 0.519. The Morgan fingerprint density at radius 2 is 1.60 bits per heavy atom. The monoisotopic (exact) mass is 574 g/mol. The van der Waals surface area contributed by atoms with Crippen molar-refractivity contribution < 1.29 is 22.3 Å². The summed E-state index contributed by atoms with van der Waals surface area (Å²) >= 11 is 6.36. The first-order valence-corrected chi connectivity index (χ1v) is 14.2. The number of benzene rings is 4. The number of hydrogen-bond donors (Lipinski definition) is 1. The fraction of sp³-hybridized carbons (Fsp3) is 0.0645. The number of hydrogen-bond acceptors (Lipinski definition) is 4. The van der Waals surface area contributed by atoms with E-state index in [1.165, 1.54) is 36.4 Å². The Kier molecular flexibility index (Phi) is 7.73. The SMILES string of the molecule is Cc1ccc(-c2cc(Cl)ccc2OCc2ccc(F)cc2)n1-c1ccc(S(=O)(=O)NC(=O)c2ccccc2)cc1. The highest BCUT2D eigenvalue weighted by atomic mass is 35.5. The van der Waals surface area contributed by atoms with E-state index in [9.17, 15) is 17.6 Å². The van der Waals surface area contributed by atoms with Crippen LogP contribution in [-0.2, 0) is 16.6 Å². The number of carbonyl (C=O) groups is 1. The topological polar surface area (TPSA) is 77.4 Å². The van der Waals surface area contributed by atoms with Crippen LogP contribution in [0.2, 0.25) is 5.02 Å². The Morgan fingerprint density at radius 1 is 0.900 bits per heavy atom. The summed E-state index contributed by atoms with van der Waals surface area (Å²) in [6, 6.07) is 29.6. The molecular formula is C31H24ClFN2O4S. The number of aryl methyl sites for hydroxylation is 1. The third-order valence-corrected chi connectivity index (χ3v) is 7.85. The standard InChI is InChI=1S/C31H24ClFN2O4S/c1-21-7-17-29(28-19-24(32)10-18-30(28)39-20-22-8-11-25(33)12-9-22)35(21)26-13-15-27(16-14-26)40(37,38)34-31(36)23-5-3-2-4-6-23/h2-19H,20H2,1H3,(H,34,36). The highest BCUT2D eigenvalue weighted by Gasteiger charge is 2.20. The summed E-state index contributed by atoms with van der Waals surface area (Å²) < 4.78 is 49.2. The van der Waals surface area contributed by atoms with Gasteiger partial charge in [0.1, 0.15) is 18.2 Å². The highest BCUT2D eigenvalue weighted by Crippen LogP contribution is 2.36. The van der Waals surface area contributed by atoms with Crippen molar-refractivity contribution >= 4 is 27.5 Å². The van der Waals surface area contributed by atoms with Gasteiger partial charge in [-0.1, -0.05) is 41.9 Å². The van der Waals surface area contributed by atoms with Gasteiger partial charge in [-0.2, -0.15) is 0 Å². The van der Waals surface area contributed by atoms with Gasteiger partial charge in [0.25, 0.3) is 15.9 Å². The van der Waals surface area contributed by atoms with Crippen LogP contribution in [-0.4, -0.2) is 18.9 Å². The van der Waals surface area contributed by atoms with E-state index < -0.39 is 15.9 Å². The number of nitrogens with one attached hydrogen (secondary N) is 1. The van der Waals surface area contributed by atoms with Crippen LogP contribution in [0.5, 0.6) is 5.75 Å². The van der Waals surface area contributed by atoms with Crippen LogP contribution in [0.15, 0.2) is 114 Å². The van der Waals surface area contributed by atoms with Gasteiger partial charge in [-0.15, -0.1) is 0 Å².